The topological polar surface area (TPSA) is 34.4 Å². The fraction of sp³-hybridized carbons (Fsp3) is 0.0526. The molecule has 4 rings (SSSR count). The standard InChI is InChI=1S/C19H12ClFN2OS2/c1-2-10-23-16-12(21)7-5-9-14(16)26-19(23)22-18(24)17-15(20)11-6-3-4-8-13(11)25-17/h2-9H,1,10H2. The van der Waals surface area contributed by atoms with E-state index in [0.717, 1.165) is 14.8 Å². The van der Waals surface area contributed by atoms with Crippen LogP contribution in [0.2, 0.25) is 5.02 Å². The van der Waals surface area contributed by atoms with Crippen molar-refractivity contribution < 1.29 is 9.18 Å². The third kappa shape index (κ3) is 2.80. The Balaban J connectivity index is 1.91. The van der Waals surface area contributed by atoms with Crippen molar-refractivity contribution >= 4 is 60.5 Å². The number of allylic oxidation sites excluding steroid dienone is 1. The van der Waals surface area contributed by atoms with Gasteiger partial charge in [-0.25, -0.2) is 4.39 Å². The second kappa shape index (κ2) is 6.79. The van der Waals surface area contributed by atoms with Gasteiger partial charge in [0.25, 0.3) is 5.91 Å². The summed E-state index contributed by atoms with van der Waals surface area (Å²) in [6.07, 6.45) is 1.65. The van der Waals surface area contributed by atoms with Gasteiger partial charge in [-0.1, -0.05) is 53.3 Å². The summed E-state index contributed by atoms with van der Waals surface area (Å²) in [7, 11) is 0. The summed E-state index contributed by atoms with van der Waals surface area (Å²) in [6, 6.07) is 12.4. The molecule has 4 aromatic rings. The molecule has 0 atom stereocenters. The number of para-hydroxylation sites is 1. The van der Waals surface area contributed by atoms with Crippen LogP contribution in [0.25, 0.3) is 20.3 Å². The molecule has 2 aromatic heterocycles. The Morgan fingerprint density at radius 1 is 1.19 bits per heavy atom. The van der Waals surface area contributed by atoms with Crippen molar-refractivity contribution in [1.29, 1.82) is 0 Å². The Morgan fingerprint density at radius 2 is 1.96 bits per heavy atom. The number of carbonyl (C=O) groups is 1. The molecule has 0 N–H and O–H groups in total. The molecule has 0 radical (unpaired) electrons. The van der Waals surface area contributed by atoms with Crippen molar-refractivity contribution in [1.82, 2.24) is 4.57 Å². The maximum absolute atomic E-state index is 14.3. The van der Waals surface area contributed by atoms with Crippen LogP contribution < -0.4 is 4.80 Å². The molecular formula is C19H12ClFN2OS2. The van der Waals surface area contributed by atoms with E-state index in [-0.39, 0.29) is 5.82 Å². The first-order valence-corrected chi connectivity index (χ1v) is 9.76. The highest BCUT2D eigenvalue weighted by Gasteiger charge is 2.17. The molecular weight excluding hydrogens is 391 g/mol. The van der Waals surface area contributed by atoms with Crippen molar-refractivity contribution in [3.63, 3.8) is 0 Å². The van der Waals surface area contributed by atoms with Crippen LogP contribution in [0.15, 0.2) is 60.1 Å². The maximum atomic E-state index is 14.3. The van der Waals surface area contributed by atoms with Gasteiger partial charge in [0.2, 0.25) is 0 Å². The molecule has 0 spiro atoms. The molecule has 2 heterocycles. The molecule has 0 unspecified atom stereocenters. The zero-order valence-corrected chi connectivity index (χ0v) is 15.8. The van der Waals surface area contributed by atoms with Crippen LogP contribution in [-0.2, 0) is 6.54 Å². The van der Waals surface area contributed by atoms with Crippen LogP contribution in [0, 0.1) is 5.82 Å². The predicted octanol–water partition coefficient (Wildman–Crippen LogP) is 5.64. The Bertz CT molecular complexity index is 1240. The summed E-state index contributed by atoms with van der Waals surface area (Å²) < 4.78 is 17.6. The summed E-state index contributed by atoms with van der Waals surface area (Å²) >= 11 is 8.94. The van der Waals surface area contributed by atoms with E-state index in [1.807, 2.05) is 24.3 Å². The highest BCUT2D eigenvalue weighted by molar-refractivity contribution is 7.21. The van der Waals surface area contributed by atoms with Crippen molar-refractivity contribution in [2.24, 2.45) is 4.99 Å². The number of aromatic nitrogens is 1. The highest BCUT2D eigenvalue weighted by atomic mass is 35.5. The molecule has 7 heteroatoms. The fourth-order valence-corrected chi connectivity index (χ4v) is 5.21. The maximum Gasteiger partial charge on any atom is 0.291 e. The van der Waals surface area contributed by atoms with Crippen LogP contribution in [0.5, 0.6) is 0 Å². The minimum absolute atomic E-state index is 0.352. The van der Waals surface area contributed by atoms with Crippen LogP contribution in [0.4, 0.5) is 4.39 Å². The van der Waals surface area contributed by atoms with E-state index in [1.165, 1.54) is 28.7 Å². The van der Waals surface area contributed by atoms with Crippen LogP contribution in [-0.4, -0.2) is 10.5 Å². The minimum Gasteiger partial charge on any atom is -0.310 e. The molecule has 0 aliphatic rings. The summed E-state index contributed by atoms with van der Waals surface area (Å²) in [5.41, 5.74) is 0.423. The van der Waals surface area contributed by atoms with E-state index in [4.69, 9.17) is 11.6 Å². The number of fused-ring (bicyclic) bond motifs is 2. The number of halogens is 2. The number of amides is 1. The lowest BCUT2D eigenvalue weighted by molar-refractivity contribution is 0.100. The Labute approximate surface area is 161 Å². The lowest BCUT2D eigenvalue weighted by Crippen LogP contribution is -2.16. The van der Waals surface area contributed by atoms with Crippen LogP contribution in [0.1, 0.15) is 9.67 Å². The first-order valence-electron chi connectivity index (χ1n) is 7.75. The van der Waals surface area contributed by atoms with Gasteiger partial charge < -0.3 is 4.57 Å². The first kappa shape index (κ1) is 17.1. The zero-order valence-electron chi connectivity index (χ0n) is 13.4. The minimum atomic E-state index is -0.430. The van der Waals surface area contributed by atoms with Gasteiger partial charge in [0.1, 0.15) is 10.7 Å². The van der Waals surface area contributed by atoms with Gasteiger partial charge in [0.15, 0.2) is 4.80 Å². The van der Waals surface area contributed by atoms with E-state index in [0.29, 0.717) is 26.8 Å². The van der Waals surface area contributed by atoms with Crippen LogP contribution in [0.3, 0.4) is 0 Å². The third-order valence-corrected chi connectivity index (χ3v) is 6.60. The quantitative estimate of drug-likeness (QED) is 0.408. The smallest absolute Gasteiger partial charge is 0.291 e. The van der Waals surface area contributed by atoms with Gasteiger partial charge >= 0.3 is 0 Å². The summed E-state index contributed by atoms with van der Waals surface area (Å²) in [5, 5.41) is 1.24. The third-order valence-electron chi connectivity index (χ3n) is 3.89. The molecule has 0 saturated carbocycles. The van der Waals surface area contributed by atoms with Gasteiger partial charge in [-0.3, -0.25) is 4.79 Å². The normalized spacial score (nSPS) is 12.2. The number of nitrogens with zero attached hydrogens (tertiary/aromatic N) is 2. The number of thiophene rings is 1. The summed E-state index contributed by atoms with van der Waals surface area (Å²) in [6.45, 7) is 4.06. The highest BCUT2D eigenvalue weighted by Crippen LogP contribution is 2.35. The number of hydrogen-bond acceptors (Lipinski definition) is 3. The van der Waals surface area contributed by atoms with Gasteiger partial charge in [-0.2, -0.15) is 4.99 Å². The van der Waals surface area contributed by atoms with E-state index in [1.54, 1.807) is 22.8 Å². The van der Waals surface area contributed by atoms with Crippen molar-refractivity contribution in [2.75, 3.05) is 0 Å². The SMILES string of the molecule is C=CCn1c(=NC(=O)c2sc3ccccc3c2Cl)sc2cccc(F)c21. The molecule has 0 aliphatic heterocycles. The molecule has 130 valence electrons. The van der Waals surface area contributed by atoms with E-state index in [9.17, 15) is 9.18 Å². The second-order valence-corrected chi connectivity index (χ2v) is 7.97. The largest absolute Gasteiger partial charge is 0.310 e. The number of benzene rings is 2. The number of thiazole rings is 1. The fourth-order valence-electron chi connectivity index (χ4n) is 2.76. The van der Waals surface area contributed by atoms with Gasteiger partial charge in [0, 0.05) is 16.6 Å². The van der Waals surface area contributed by atoms with Gasteiger partial charge in [-0.05, 0) is 18.2 Å². The average molecular weight is 403 g/mol. The second-order valence-electron chi connectivity index (χ2n) is 5.53. The van der Waals surface area contributed by atoms with Gasteiger partial charge in [-0.15, -0.1) is 17.9 Å². The van der Waals surface area contributed by atoms with E-state index >= 15 is 0 Å². The monoisotopic (exact) mass is 402 g/mol. The Hall–Kier alpha value is -2.28. The number of carbonyl (C=O) groups excluding carboxylic acids is 1. The molecule has 0 saturated heterocycles. The molecule has 26 heavy (non-hydrogen) atoms. The lowest BCUT2D eigenvalue weighted by atomic mass is 10.2. The molecule has 1 amide bonds. The van der Waals surface area contributed by atoms with Crippen molar-refractivity contribution in [3.05, 3.63) is 75.6 Å². The Kier molecular flexibility index (Phi) is 4.48. The van der Waals surface area contributed by atoms with Crippen molar-refractivity contribution in [2.45, 2.75) is 6.54 Å². The molecule has 3 nitrogen and oxygen atoms in total. The zero-order chi connectivity index (χ0) is 18.3. The molecule has 0 aliphatic carbocycles. The molecule has 2 aromatic carbocycles. The average Bonchev–Trinajstić information content (AvgIpc) is 3.15. The van der Waals surface area contributed by atoms with E-state index < -0.39 is 5.91 Å². The van der Waals surface area contributed by atoms with E-state index in [2.05, 4.69) is 11.6 Å². The first-order chi connectivity index (χ1) is 12.6. The summed E-state index contributed by atoms with van der Waals surface area (Å²) in [5.74, 6) is -0.782. The molecule has 0 fully saturated rings. The number of hydrogen-bond donors (Lipinski definition) is 0. The molecule has 0 bridgehead atoms. The Morgan fingerprint density at radius 3 is 2.73 bits per heavy atom. The lowest BCUT2D eigenvalue weighted by Gasteiger charge is -2.01. The summed E-state index contributed by atoms with van der Waals surface area (Å²) in [4.78, 5) is 17.8. The van der Waals surface area contributed by atoms with Gasteiger partial charge in [0.05, 0.1) is 15.2 Å². The number of rotatable bonds is 3. The van der Waals surface area contributed by atoms with Crippen molar-refractivity contribution in [3.8, 4) is 0 Å². The predicted molar refractivity (Wildman–Crippen MR) is 107 cm³/mol. The van der Waals surface area contributed by atoms with Crippen LogP contribution >= 0.6 is 34.3 Å².